The number of carbonyl (C=O) groups is 1. The molecule has 27 heavy (non-hydrogen) atoms. The molecule has 8 nitrogen and oxygen atoms in total. The first kappa shape index (κ1) is 18.5. The number of hydrogen-bond acceptors (Lipinski definition) is 7. The number of benzene rings is 2. The SMILES string of the molecule is COc1cc(C(=O)OCCCn2nc3ccccc3n2)cc(OC)c1OC. The van der Waals surface area contributed by atoms with Gasteiger partial charge in [-0.05, 0) is 24.3 Å². The summed E-state index contributed by atoms with van der Waals surface area (Å²) in [4.78, 5) is 13.9. The summed E-state index contributed by atoms with van der Waals surface area (Å²) in [6, 6.07) is 10.8. The number of rotatable bonds is 8. The summed E-state index contributed by atoms with van der Waals surface area (Å²) < 4.78 is 21.1. The number of carbonyl (C=O) groups excluding carboxylic acids is 1. The van der Waals surface area contributed by atoms with E-state index in [0.29, 0.717) is 35.8 Å². The lowest BCUT2D eigenvalue weighted by Gasteiger charge is -2.13. The van der Waals surface area contributed by atoms with E-state index in [2.05, 4.69) is 10.2 Å². The monoisotopic (exact) mass is 371 g/mol. The second-order valence-electron chi connectivity index (χ2n) is 5.69. The van der Waals surface area contributed by atoms with Crippen molar-refractivity contribution in [2.24, 2.45) is 0 Å². The Kier molecular flexibility index (Phi) is 5.75. The van der Waals surface area contributed by atoms with Crippen LogP contribution in [0.2, 0.25) is 0 Å². The molecule has 0 aliphatic heterocycles. The number of methoxy groups -OCH3 is 3. The molecular formula is C19H21N3O5. The summed E-state index contributed by atoms with van der Waals surface area (Å²) in [5, 5.41) is 8.74. The van der Waals surface area contributed by atoms with Gasteiger partial charge in [0.05, 0.1) is 40.0 Å². The Hall–Kier alpha value is -3.29. The van der Waals surface area contributed by atoms with Crippen molar-refractivity contribution < 1.29 is 23.7 Å². The van der Waals surface area contributed by atoms with Crippen LogP contribution in [0.25, 0.3) is 11.0 Å². The van der Waals surface area contributed by atoms with E-state index >= 15 is 0 Å². The maximum absolute atomic E-state index is 12.3. The van der Waals surface area contributed by atoms with Gasteiger partial charge in [-0.25, -0.2) is 4.79 Å². The number of hydrogen-bond donors (Lipinski definition) is 0. The molecule has 0 fully saturated rings. The highest BCUT2D eigenvalue weighted by Gasteiger charge is 2.17. The van der Waals surface area contributed by atoms with E-state index in [4.69, 9.17) is 18.9 Å². The fraction of sp³-hybridized carbons (Fsp3) is 0.316. The summed E-state index contributed by atoms with van der Waals surface area (Å²) in [5.41, 5.74) is 2.01. The van der Waals surface area contributed by atoms with Gasteiger partial charge in [0.15, 0.2) is 11.5 Å². The number of ether oxygens (including phenoxy) is 4. The molecule has 0 bridgehead atoms. The number of nitrogens with zero attached hydrogens (tertiary/aromatic N) is 3. The molecule has 0 unspecified atom stereocenters. The van der Waals surface area contributed by atoms with Crippen molar-refractivity contribution in [3.63, 3.8) is 0 Å². The van der Waals surface area contributed by atoms with Gasteiger partial charge in [-0.1, -0.05) is 12.1 Å². The minimum Gasteiger partial charge on any atom is -0.493 e. The standard InChI is InChI=1S/C19H21N3O5/c1-24-16-11-13(12-17(25-2)18(16)26-3)19(23)27-10-6-9-22-20-14-7-4-5-8-15(14)21-22/h4-5,7-8,11-12H,6,9-10H2,1-3H3. The maximum atomic E-state index is 12.3. The summed E-state index contributed by atoms with van der Waals surface area (Å²) in [5.74, 6) is 0.758. The van der Waals surface area contributed by atoms with Crippen molar-refractivity contribution >= 4 is 17.0 Å². The van der Waals surface area contributed by atoms with Gasteiger partial charge in [0.25, 0.3) is 0 Å². The molecule has 0 saturated carbocycles. The van der Waals surface area contributed by atoms with Crippen molar-refractivity contribution in [2.75, 3.05) is 27.9 Å². The van der Waals surface area contributed by atoms with Crippen LogP contribution in [0.4, 0.5) is 0 Å². The van der Waals surface area contributed by atoms with Crippen LogP contribution in [-0.2, 0) is 11.3 Å². The minimum absolute atomic E-state index is 0.243. The van der Waals surface area contributed by atoms with Gasteiger partial charge < -0.3 is 18.9 Å². The number of aromatic nitrogens is 3. The van der Waals surface area contributed by atoms with Crippen LogP contribution < -0.4 is 14.2 Å². The highest BCUT2D eigenvalue weighted by molar-refractivity contribution is 5.91. The Labute approximate surface area is 156 Å². The molecule has 0 atom stereocenters. The molecular weight excluding hydrogens is 350 g/mol. The van der Waals surface area contributed by atoms with E-state index in [1.165, 1.54) is 21.3 Å². The topological polar surface area (TPSA) is 84.7 Å². The molecule has 0 radical (unpaired) electrons. The van der Waals surface area contributed by atoms with Gasteiger partial charge in [0.2, 0.25) is 5.75 Å². The zero-order valence-electron chi connectivity index (χ0n) is 15.5. The van der Waals surface area contributed by atoms with Crippen LogP contribution in [0.1, 0.15) is 16.8 Å². The van der Waals surface area contributed by atoms with Gasteiger partial charge in [-0.2, -0.15) is 15.0 Å². The fourth-order valence-corrected chi connectivity index (χ4v) is 2.66. The Morgan fingerprint density at radius 1 is 0.963 bits per heavy atom. The number of esters is 1. The molecule has 0 spiro atoms. The van der Waals surface area contributed by atoms with E-state index in [1.54, 1.807) is 16.9 Å². The van der Waals surface area contributed by atoms with Crippen LogP contribution in [-0.4, -0.2) is 48.9 Å². The molecule has 0 saturated heterocycles. The van der Waals surface area contributed by atoms with Crippen molar-refractivity contribution in [2.45, 2.75) is 13.0 Å². The van der Waals surface area contributed by atoms with E-state index in [0.717, 1.165) is 11.0 Å². The van der Waals surface area contributed by atoms with Crippen LogP contribution in [0.15, 0.2) is 36.4 Å². The van der Waals surface area contributed by atoms with Crippen molar-refractivity contribution in [3.8, 4) is 17.2 Å². The van der Waals surface area contributed by atoms with Gasteiger partial charge in [0.1, 0.15) is 11.0 Å². The zero-order chi connectivity index (χ0) is 19.2. The number of aryl methyl sites for hydroxylation is 1. The summed E-state index contributed by atoms with van der Waals surface area (Å²) in [7, 11) is 4.49. The third-order valence-electron chi connectivity index (χ3n) is 3.96. The van der Waals surface area contributed by atoms with E-state index < -0.39 is 5.97 Å². The predicted octanol–water partition coefficient (Wildman–Crippen LogP) is 2.70. The molecule has 2 aromatic carbocycles. The van der Waals surface area contributed by atoms with E-state index in [1.807, 2.05) is 24.3 Å². The third-order valence-corrected chi connectivity index (χ3v) is 3.96. The second-order valence-corrected chi connectivity index (χ2v) is 5.69. The first-order valence-electron chi connectivity index (χ1n) is 8.43. The third kappa shape index (κ3) is 4.11. The van der Waals surface area contributed by atoms with Crippen molar-refractivity contribution in [3.05, 3.63) is 42.0 Å². The summed E-state index contributed by atoms with van der Waals surface area (Å²) >= 11 is 0. The summed E-state index contributed by atoms with van der Waals surface area (Å²) in [6.07, 6.45) is 0.594. The molecule has 0 aliphatic rings. The largest absolute Gasteiger partial charge is 0.493 e. The van der Waals surface area contributed by atoms with Gasteiger partial charge in [-0.15, -0.1) is 0 Å². The number of fused-ring (bicyclic) bond motifs is 1. The second kappa shape index (κ2) is 8.39. The first-order chi connectivity index (χ1) is 13.2. The Morgan fingerprint density at radius 3 is 2.07 bits per heavy atom. The molecule has 8 heteroatoms. The maximum Gasteiger partial charge on any atom is 0.338 e. The normalized spacial score (nSPS) is 10.6. The average molecular weight is 371 g/mol. The molecule has 0 aliphatic carbocycles. The fourth-order valence-electron chi connectivity index (χ4n) is 2.66. The van der Waals surface area contributed by atoms with Crippen LogP contribution in [0.3, 0.4) is 0 Å². The average Bonchev–Trinajstić information content (AvgIpc) is 3.12. The highest BCUT2D eigenvalue weighted by Crippen LogP contribution is 2.38. The van der Waals surface area contributed by atoms with Gasteiger partial charge in [-0.3, -0.25) is 0 Å². The predicted molar refractivity (Wildman–Crippen MR) is 98.5 cm³/mol. The van der Waals surface area contributed by atoms with Crippen molar-refractivity contribution in [1.29, 1.82) is 0 Å². The molecule has 142 valence electrons. The van der Waals surface area contributed by atoms with Gasteiger partial charge >= 0.3 is 5.97 Å². The van der Waals surface area contributed by atoms with Crippen molar-refractivity contribution in [1.82, 2.24) is 15.0 Å². The highest BCUT2D eigenvalue weighted by atomic mass is 16.5. The van der Waals surface area contributed by atoms with Crippen LogP contribution >= 0.6 is 0 Å². The quantitative estimate of drug-likeness (QED) is 0.444. The van der Waals surface area contributed by atoms with Crippen LogP contribution in [0, 0.1) is 0 Å². The Morgan fingerprint density at radius 2 is 1.56 bits per heavy atom. The molecule has 0 N–H and O–H groups in total. The molecule has 3 aromatic rings. The minimum atomic E-state index is -0.465. The first-order valence-corrected chi connectivity index (χ1v) is 8.43. The Bertz CT molecular complexity index is 880. The summed E-state index contributed by atoms with van der Waals surface area (Å²) in [6.45, 7) is 0.796. The van der Waals surface area contributed by atoms with E-state index in [-0.39, 0.29) is 6.61 Å². The molecule has 1 heterocycles. The zero-order valence-corrected chi connectivity index (χ0v) is 15.5. The lowest BCUT2D eigenvalue weighted by atomic mass is 10.2. The molecule has 3 rings (SSSR count). The van der Waals surface area contributed by atoms with Gasteiger partial charge in [0, 0.05) is 6.42 Å². The Balaban J connectivity index is 1.59. The smallest absolute Gasteiger partial charge is 0.338 e. The van der Waals surface area contributed by atoms with E-state index in [9.17, 15) is 4.79 Å². The lowest BCUT2D eigenvalue weighted by Crippen LogP contribution is -2.10. The lowest BCUT2D eigenvalue weighted by molar-refractivity contribution is 0.0492. The molecule has 0 amide bonds. The van der Waals surface area contributed by atoms with Crippen LogP contribution in [0.5, 0.6) is 17.2 Å². The molecule has 1 aromatic heterocycles.